The summed E-state index contributed by atoms with van der Waals surface area (Å²) in [6.45, 7) is 2.55. The van der Waals surface area contributed by atoms with E-state index in [-0.39, 0.29) is 30.4 Å². The van der Waals surface area contributed by atoms with Crippen LogP contribution in [0, 0.1) is 0 Å². The van der Waals surface area contributed by atoms with Gasteiger partial charge in [-0.05, 0) is 11.5 Å². The molecule has 0 saturated carbocycles. The van der Waals surface area contributed by atoms with Crippen molar-refractivity contribution in [1.82, 2.24) is 15.1 Å². The zero-order valence-corrected chi connectivity index (χ0v) is 16.5. The van der Waals surface area contributed by atoms with Crippen LogP contribution in [-0.4, -0.2) is 67.9 Å². The molecule has 0 unspecified atom stereocenters. The van der Waals surface area contributed by atoms with Gasteiger partial charge in [0.1, 0.15) is 6.10 Å². The molecule has 1 aromatic heterocycles. The summed E-state index contributed by atoms with van der Waals surface area (Å²) in [4.78, 5) is 40.1. The summed E-state index contributed by atoms with van der Waals surface area (Å²) in [6.07, 6.45) is -0.380. The molecule has 144 valence electrons. The fourth-order valence-electron chi connectivity index (χ4n) is 3.11. The van der Waals surface area contributed by atoms with Gasteiger partial charge in [-0.1, -0.05) is 18.2 Å². The molecule has 0 radical (unpaired) electrons. The molecule has 7 nitrogen and oxygen atoms in total. The third-order valence-corrected chi connectivity index (χ3v) is 5.64. The molecule has 8 heteroatoms. The van der Waals surface area contributed by atoms with Crippen molar-refractivity contribution < 1.29 is 19.1 Å². The van der Waals surface area contributed by atoms with Gasteiger partial charge < -0.3 is 19.9 Å². The Hall–Kier alpha value is -2.45. The van der Waals surface area contributed by atoms with E-state index in [0.29, 0.717) is 24.6 Å². The van der Waals surface area contributed by atoms with Gasteiger partial charge in [0, 0.05) is 37.8 Å². The van der Waals surface area contributed by atoms with E-state index in [0.717, 1.165) is 15.6 Å². The van der Waals surface area contributed by atoms with Crippen LogP contribution in [0.5, 0.6) is 0 Å². The van der Waals surface area contributed by atoms with Crippen LogP contribution >= 0.6 is 11.3 Å². The Balaban J connectivity index is 1.91. The summed E-state index contributed by atoms with van der Waals surface area (Å²) in [7, 11) is 3.45. The number of hydrogen-bond acceptors (Lipinski definition) is 5. The zero-order chi connectivity index (χ0) is 19.6. The van der Waals surface area contributed by atoms with Crippen molar-refractivity contribution in [2.75, 3.05) is 40.3 Å². The lowest BCUT2D eigenvalue weighted by Gasteiger charge is -2.33. The van der Waals surface area contributed by atoms with Crippen molar-refractivity contribution >= 4 is 39.1 Å². The number of thiophene rings is 1. The molecule has 1 saturated heterocycles. The van der Waals surface area contributed by atoms with Gasteiger partial charge in [-0.3, -0.25) is 14.4 Å². The molecule has 1 N–H and O–H groups in total. The molecule has 3 rings (SSSR count). The lowest BCUT2D eigenvalue weighted by molar-refractivity contribution is -0.139. The summed E-state index contributed by atoms with van der Waals surface area (Å²) in [5, 5.41) is 3.52. The van der Waals surface area contributed by atoms with Crippen LogP contribution < -0.4 is 5.32 Å². The van der Waals surface area contributed by atoms with E-state index in [1.54, 1.807) is 23.9 Å². The number of carbonyl (C=O) groups excluding carboxylic acids is 3. The van der Waals surface area contributed by atoms with Crippen LogP contribution in [0.25, 0.3) is 10.1 Å². The van der Waals surface area contributed by atoms with E-state index in [9.17, 15) is 14.4 Å². The quantitative estimate of drug-likeness (QED) is 0.862. The first-order chi connectivity index (χ1) is 12.9. The van der Waals surface area contributed by atoms with Crippen molar-refractivity contribution in [1.29, 1.82) is 0 Å². The second kappa shape index (κ2) is 8.06. The Labute approximate surface area is 161 Å². The molecule has 1 aliphatic rings. The number of nitrogens with zero attached hydrogens (tertiary/aromatic N) is 2. The Morgan fingerprint density at radius 1 is 1.30 bits per heavy atom. The van der Waals surface area contributed by atoms with Crippen molar-refractivity contribution in [3.8, 4) is 0 Å². The monoisotopic (exact) mass is 389 g/mol. The molecule has 1 aromatic carbocycles. The van der Waals surface area contributed by atoms with Gasteiger partial charge in [0.05, 0.1) is 24.6 Å². The molecule has 27 heavy (non-hydrogen) atoms. The zero-order valence-electron chi connectivity index (χ0n) is 15.7. The molecule has 1 atom stereocenters. The van der Waals surface area contributed by atoms with Crippen molar-refractivity contribution in [2.45, 2.75) is 13.0 Å². The highest BCUT2D eigenvalue weighted by Gasteiger charge is 2.31. The van der Waals surface area contributed by atoms with Gasteiger partial charge in [-0.15, -0.1) is 11.3 Å². The Morgan fingerprint density at radius 3 is 2.74 bits per heavy atom. The minimum absolute atomic E-state index is 0.0318. The number of nitrogens with one attached hydrogen (secondary N) is 1. The highest BCUT2D eigenvalue weighted by atomic mass is 32.1. The average molecular weight is 389 g/mol. The molecule has 3 amide bonds. The van der Waals surface area contributed by atoms with Gasteiger partial charge in [0.2, 0.25) is 11.8 Å². The number of carbonyl (C=O) groups is 3. The molecule has 0 aliphatic carbocycles. The number of hydrogen-bond donors (Lipinski definition) is 1. The van der Waals surface area contributed by atoms with E-state index < -0.39 is 0 Å². The molecule has 2 heterocycles. The van der Waals surface area contributed by atoms with Gasteiger partial charge >= 0.3 is 0 Å². The molecular weight excluding hydrogens is 366 g/mol. The molecule has 0 bridgehead atoms. The average Bonchev–Trinajstić information content (AvgIpc) is 3.04. The molecule has 1 fully saturated rings. The summed E-state index contributed by atoms with van der Waals surface area (Å²) in [5.41, 5.74) is 0.839. The van der Waals surface area contributed by atoms with Gasteiger partial charge in [0.25, 0.3) is 5.91 Å². The molecule has 2 aromatic rings. The summed E-state index contributed by atoms with van der Waals surface area (Å²) < 4.78 is 6.98. The lowest BCUT2D eigenvalue weighted by atomic mass is 10.0. The highest BCUT2D eigenvalue weighted by molar-refractivity contribution is 7.21. The minimum atomic E-state index is -0.380. The minimum Gasteiger partial charge on any atom is -0.370 e. The summed E-state index contributed by atoms with van der Waals surface area (Å²) in [5.74, 6) is -0.467. The number of fused-ring (bicyclic) bond motifs is 1. The first kappa shape index (κ1) is 19.3. The van der Waals surface area contributed by atoms with Crippen LogP contribution in [-0.2, 0) is 14.3 Å². The lowest BCUT2D eigenvalue weighted by Crippen LogP contribution is -2.46. The van der Waals surface area contributed by atoms with Gasteiger partial charge in [-0.2, -0.15) is 0 Å². The Bertz CT molecular complexity index is 877. The first-order valence-corrected chi connectivity index (χ1v) is 9.57. The number of rotatable bonds is 4. The summed E-state index contributed by atoms with van der Waals surface area (Å²) in [6, 6.07) is 7.84. The Kier molecular flexibility index (Phi) is 5.76. The maximum absolute atomic E-state index is 12.7. The van der Waals surface area contributed by atoms with E-state index in [2.05, 4.69) is 5.32 Å². The normalized spacial score (nSPS) is 17.0. The van der Waals surface area contributed by atoms with E-state index >= 15 is 0 Å². The maximum atomic E-state index is 12.7. The van der Waals surface area contributed by atoms with Crippen LogP contribution in [0.4, 0.5) is 0 Å². The van der Waals surface area contributed by atoms with Crippen molar-refractivity contribution in [3.05, 3.63) is 34.7 Å². The van der Waals surface area contributed by atoms with Crippen LogP contribution in [0.3, 0.4) is 0 Å². The van der Waals surface area contributed by atoms with Gasteiger partial charge in [-0.25, -0.2) is 0 Å². The fourth-order valence-corrected chi connectivity index (χ4v) is 4.39. The SMILES string of the molecule is CC(=O)NCC(=O)N1CCO[C@@H](c2c(C(=O)N(C)C)sc3ccccc23)C1. The smallest absolute Gasteiger partial charge is 0.263 e. The van der Waals surface area contributed by atoms with E-state index in [1.807, 2.05) is 24.3 Å². The summed E-state index contributed by atoms with van der Waals surface area (Å²) >= 11 is 1.45. The number of morpholine rings is 1. The number of ether oxygens (including phenoxy) is 1. The Morgan fingerprint density at radius 2 is 2.04 bits per heavy atom. The largest absolute Gasteiger partial charge is 0.370 e. The van der Waals surface area contributed by atoms with Crippen LogP contribution in [0.2, 0.25) is 0 Å². The third-order valence-electron chi connectivity index (χ3n) is 4.46. The molecular formula is C19H23N3O4S. The molecule has 0 spiro atoms. The topological polar surface area (TPSA) is 79.0 Å². The van der Waals surface area contributed by atoms with Crippen molar-refractivity contribution in [3.63, 3.8) is 0 Å². The van der Waals surface area contributed by atoms with Crippen molar-refractivity contribution in [2.24, 2.45) is 0 Å². The second-order valence-corrected chi connectivity index (χ2v) is 7.70. The number of benzene rings is 1. The van der Waals surface area contributed by atoms with Gasteiger partial charge in [0.15, 0.2) is 0 Å². The van der Waals surface area contributed by atoms with E-state index in [1.165, 1.54) is 18.3 Å². The van der Waals surface area contributed by atoms with E-state index in [4.69, 9.17) is 4.74 Å². The second-order valence-electron chi connectivity index (χ2n) is 6.65. The van der Waals surface area contributed by atoms with Crippen LogP contribution in [0.15, 0.2) is 24.3 Å². The predicted molar refractivity (Wildman–Crippen MR) is 104 cm³/mol. The fraction of sp³-hybridized carbons (Fsp3) is 0.421. The third kappa shape index (κ3) is 4.12. The molecule has 1 aliphatic heterocycles. The maximum Gasteiger partial charge on any atom is 0.263 e. The number of amides is 3. The first-order valence-electron chi connectivity index (χ1n) is 8.75. The highest BCUT2D eigenvalue weighted by Crippen LogP contribution is 2.38. The standard InChI is InChI=1S/C19H23N3O4S/c1-12(23)20-10-16(24)22-8-9-26-14(11-22)17-13-6-4-5-7-15(13)27-18(17)19(25)21(2)3/h4-7,14H,8-11H2,1-3H3,(H,20,23)/t14-/m1/s1. The van der Waals surface area contributed by atoms with Crippen LogP contribution in [0.1, 0.15) is 28.3 Å². The predicted octanol–water partition coefficient (Wildman–Crippen LogP) is 1.64.